The molecule has 0 saturated heterocycles. The highest BCUT2D eigenvalue weighted by atomic mass is 15.3. The van der Waals surface area contributed by atoms with Crippen LogP contribution in [0.4, 0.5) is 0 Å². The number of para-hydroxylation sites is 1. The molecule has 3 aromatic rings. The summed E-state index contributed by atoms with van der Waals surface area (Å²) in [6.07, 6.45) is 14.7. The molecule has 0 N–H and O–H groups in total. The van der Waals surface area contributed by atoms with Crippen molar-refractivity contribution >= 4 is 16.6 Å². The summed E-state index contributed by atoms with van der Waals surface area (Å²) in [5, 5.41) is 5.77. The molecule has 0 aliphatic heterocycles. The highest BCUT2D eigenvalue weighted by Crippen LogP contribution is 2.25. The summed E-state index contributed by atoms with van der Waals surface area (Å²) in [4.78, 5) is 4.81. The number of benzene rings is 1. The van der Waals surface area contributed by atoms with Gasteiger partial charge >= 0.3 is 0 Å². The molecule has 0 bridgehead atoms. The van der Waals surface area contributed by atoms with Gasteiger partial charge in [-0.3, -0.25) is 0 Å². The Kier molecular flexibility index (Phi) is 4.06. The largest absolute Gasteiger partial charge is 0.248 e. The lowest BCUT2D eigenvalue weighted by molar-refractivity contribution is 0.905. The molecular weight excluding hydrogens is 306 g/mol. The molecule has 124 valence electrons. The highest BCUT2D eigenvalue weighted by Gasteiger charge is 2.09. The molecule has 0 radical (unpaired) electrons. The van der Waals surface area contributed by atoms with E-state index in [1.807, 2.05) is 16.9 Å². The lowest BCUT2D eigenvalue weighted by atomic mass is 10.1. The lowest BCUT2D eigenvalue weighted by Crippen LogP contribution is -1.95. The zero-order chi connectivity index (χ0) is 17.2. The Hall–Kier alpha value is -2.94. The number of aryl methyl sites for hydroxylation is 1. The molecule has 25 heavy (non-hydrogen) atoms. The maximum atomic E-state index is 4.81. The summed E-state index contributed by atoms with van der Waals surface area (Å²) in [6, 6.07) is 10.4. The van der Waals surface area contributed by atoms with Crippen LogP contribution in [-0.4, -0.2) is 14.8 Å². The molecule has 2 heterocycles. The number of fused-ring (bicyclic) bond motifs is 1. The van der Waals surface area contributed by atoms with Crippen LogP contribution < -0.4 is 0 Å². The van der Waals surface area contributed by atoms with Gasteiger partial charge in [0.1, 0.15) is 0 Å². The monoisotopic (exact) mass is 327 g/mol. The maximum absolute atomic E-state index is 4.81. The first-order valence-corrected chi connectivity index (χ1v) is 8.72. The topological polar surface area (TPSA) is 30.7 Å². The zero-order valence-electron chi connectivity index (χ0n) is 14.6. The average molecular weight is 327 g/mol. The minimum absolute atomic E-state index is 0.965. The first-order chi connectivity index (χ1) is 12.2. The Morgan fingerprint density at radius 2 is 2.08 bits per heavy atom. The van der Waals surface area contributed by atoms with E-state index >= 15 is 0 Å². The summed E-state index contributed by atoms with van der Waals surface area (Å²) in [5.74, 6) is 0. The highest BCUT2D eigenvalue weighted by molar-refractivity contribution is 5.84. The number of pyridine rings is 1. The van der Waals surface area contributed by atoms with Crippen molar-refractivity contribution in [1.82, 2.24) is 14.8 Å². The predicted molar refractivity (Wildman–Crippen MR) is 104 cm³/mol. The van der Waals surface area contributed by atoms with Crippen LogP contribution in [0.2, 0.25) is 0 Å². The van der Waals surface area contributed by atoms with Gasteiger partial charge in [0.15, 0.2) is 0 Å². The van der Waals surface area contributed by atoms with Gasteiger partial charge in [0.05, 0.1) is 23.1 Å². The number of rotatable bonds is 3. The molecule has 1 aliphatic rings. The Balaban J connectivity index is 1.75. The maximum Gasteiger partial charge on any atom is 0.0744 e. The fourth-order valence-corrected chi connectivity index (χ4v) is 3.18. The molecule has 0 atom stereocenters. The number of nitrogens with zero attached hydrogens (tertiary/aromatic N) is 3. The molecule has 1 aromatic carbocycles. The van der Waals surface area contributed by atoms with Gasteiger partial charge < -0.3 is 0 Å². The molecule has 3 nitrogen and oxygen atoms in total. The molecule has 2 aromatic heterocycles. The third-order valence-electron chi connectivity index (χ3n) is 4.66. The third-order valence-corrected chi connectivity index (χ3v) is 4.66. The van der Waals surface area contributed by atoms with E-state index in [0.717, 1.165) is 35.3 Å². The van der Waals surface area contributed by atoms with Gasteiger partial charge in [0, 0.05) is 17.1 Å². The van der Waals surface area contributed by atoms with Crippen LogP contribution in [-0.2, 0) is 0 Å². The van der Waals surface area contributed by atoms with Gasteiger partial charge in [-0.15, -0.1) is 0 Å². The molecule has 0 amide bonds. The number of aromatic nitrogens is 3. The van der Waals surface area contributed by atoms with E-state index in [4.69, 9.17) is 4.98 Å². The van der Waals surface area contributed by atoms with E-state index in [2.05, 4.69) is 73.7 Å². The second-order valence-electron chi connectivity index (χ2n) is 6.40. The summed E-state index contributed by atoms with van der Waals surface area (Å²) in [7, 11) is 0. The van der Waals surface area contributed by atoms with E-state index in [1.165, 1.54) is 16.5 Å². The van der Waals surface area contributed by atoms with Crippen molar-refractivity contribution in [3.05, 3.63) is 78.2 Å². The van der Waals surface area contributed by atoms with E-state index in [0.29, 0.717) is 0 Å². The van der Waals surface area contributed by atoms with Crippen molar-refractivity contribution in [3.63, 3.8) is 0 Å². The van der Waals surface area contributed by atoms with Crippen molar-refractivity contribution in [1.29, 1.82) is 0 Å². The third kappa shape index (κ3) is 3.05. The van der Waals surface area contributed by atoms with E-state index < -0.39 is 0 Å². The summed E-state index contributed by atoms with van der Waals surface area (Å²) in [5.41, 5.74) is 6.76. The number of hydrogen-bond donors (Lipinski definition) is 0. The minimum Gasteiger partial charge on any atom is -0.248 e. The smallest absolute Gasteiger partial charge is 0.0744 e. The Morgan fingerprint density at radius 3 is 2.96 bits per heavy atom. The minimum atomic E-state index is 0.965. The second kappa shape index (κ2) is 6.52. The van der Waals surface area contributed by atoms with Crippen molar-refractivity contribution in [2.45, 2.75) is 26.7 Å². The van der Waals surface area contributed by atoms with Gasteiger partial charge in [-0.05, 0) is 49.6 Å². The van der Waals surface area contributed by atoms with Gasteiger partial charge in [-0.25, -0.2) is 9.67 Å². The van der Waals surface area contributed by atoms with Crippen LogP contribution in [0, 0.1) is 6.92 Å². The summed E-state index contributed by atoms with van der Waals surface area (Å²) >= 11 is 0. The van der Waals surface area contributed by atoms with Crippen molar-refractivity contribution in [3.8, 4) is 11.3 Å². The molecule has 3 heteroatoms. The Morgan fingerprint density at radius 1 is 1.20 bits per heavy atom. The van der Waals surface area contributed by atoms with Gasteiger partial charge in [-0.1, -0.05) is 42.8 Å². The molecule has 0 unspecified atom stereocenters. The fourth-order valence-electron chi connectivity index (χ4n) is 3.18. The summed E-state index contributed by atoms with van der Waals surface area (Å²) < 4.78 is 1.94. The van der Waals surface area contributed by atoms with E-state index in [9.17, 15) is 0 Å². The second-order valence-corrected chi connectivity index (χ2v) is 6.40. The fraction of sp³-hybridized carbons (Fsp3) is 0.182. The van der Waals surface area contributed by atoms with Gasteiger partial charge in [0.2, 0.25) is 0 Å². The van der Waals surface area contributed by atoms with Crippen LogP contribution in [0.1, 0.15) is 25.3 Å². The van der Waals surface area contributed by atoms with E-state index in [1.54, 1.807) is 0 Å². The zero-order valence-corrected chi connectivity index (χ0v) is 14.6. The SMILES string of the molecule is CCC1=CC(n2cc(-c3cc(C)c4ccccc4n3)cn2)=CC=CC1. The Bertz CT molecular complexity index is 1020. The van der Waals surface area contributed by atoms with Crippen LogP contribution in [0.3, 0.4) is 0 Å². The molecule has 4 rings (SSSR count). The van der Waals surface area contributed by atoms with Crippen LogP contribution in [0.15, 0.2) is 72.6 Å². The predicted octanol–water partition coefficient (Wildman–Crippen LogP) is 5.54. The van der Waals surface area contributed by atoms with Crippen molar-refractivity contribution in [2.24, 2.45) is 0 Å². The van der Waals surface area contributed by atoms with Crippen LogP contribution in [0.5, 0.6) is 0 Å². The van der Waals surface area contributed by atoms with Crippen LogP contribution >= 0.6 is 0 Å². The van der Waals surface area contributed by atoms with Crippen molar-refractivity contribution < 1.29 is 0 Å². The quantitative estimate of drug-likeness (QED) is 0.632. The van der Waals surface area contributed by atoms with Crippen molar-refractivity contribution in [2.75, 3.05) is 0 Å². The lowest BCUT2D eigenvalue weighted by Gasteiger charge is -2.05. The standard InChI is InChI=1S/C22H21N3/c1-3-17-8-4-5-9-19(13-17)25-15-18(14-23-25)22-12-16(2)20-10-6-7-11-21(20)24-22/h4-7,9-15H,3,8H2,1-2H3. The molecule has 0 saturated carbocycles. The van der Waals surface area contributed by atoms with E-state index in [-0.39, 0.29) is 0 Å². The molecular formula is C22H21N3. The number of allylic oxidation sites excluding steroid dienone is 6. The first kappa shape index (κ1) is 15.6. The first-order valence-electron chi connectivity index (χ1n) is 8.72. The van der Waals surface area contributed by atoms with Gasteiger partial charge in [-0.2, -0.15) is 5.10 Å². The Labute approximate surface area is 148 Å². The molecule has 0 fully saturated rings. The average Bonchev–Trinajstić information content (AvgIpc) is 3.00. The normalized spacial score (nSPS) is 14.3. The van der Waals surface area contributed by atoms with Crippen LogP contribution in [0.25, 0.3) is 27.9 Å². The number of hydrogen-bond acceptors (Lipinski definition) is 2. The summed E-state index contributed by atoms with van der Waals surface area (Å²) in [6.45, 7) is 4.33. The molecule has 1 aliphatic carbocycles. The molecule has 0 spiro atoms. The van der Waals surface area contributed by atoms with Gasteiger partial charge in [0.25, 0.3) is 0 Å².